The van der Waals surface area contributed by atoms with Gasteiger partial charge in [-0.2, -0.15) is 0 Å². The van der Waals surface area contributed by atoms with Crippen molar-refractivity contribution in [2.24, 2.45) is 0 Å². The number of hydrogen-bond donors (Lipinski definition) is 1. The van der Waals surface area contributed by atoms with Gasteiger partial charge in [0.2, 0.25) is 5.76 Å². The van der Waals surface area contributed by atoms with Crippen molar-refractivity contribution < 1.29 is 23.5 Å². The number of hydrogen-bond acceptors (Lipinski definition) is 5. The third-order valence-corrected chi connectivity index (χ3v) is 3.02. The quantitative estimate of drug-likeness (QED) is 0.857. The van der Waals surface area contributed by atoms with E-state index in [-0.39, 0.29) is 30.4 Å². The lowest BCUT2D eigenvalue weighted by Gasteiger charge is -2.20. The Hall–Kier alpha value is -2.34. The van der Waals surface area contributed by atoms with E-state index in [1.54, 1.807) is 6.07 Å². The summed E-state index contributed by atoms with van der Waals surface area (Å²) >= 11 is 0. The maximum Gasteiger partial charge on any atom is 0.375 e. The number of carbonyl (C=O) groups is 2. The van der Waals surface area contributed by atoms with Gasteiger partial charge >= 0.3 is 5.97 Å². The molecule has 1 amide bonds. The molecule has 0 fully saturated rings. The minimum Gasteiger partial charge on any atom is -0.450 e. The summed E-state index contributed by atoms with van der Waals surface area (Å²) in [5, 5.41) is 3.51. The molecule has 1 aromatic heterocycles. The molecule has 0 saturated carbocycles. The Morgan fingerprint density at radius 3 is 2.57 bits per heavy atom. The molecule has 6 nitrogen and oxygen atoms in total. The fraction of sp³-hybridized carbons (Fsp3) is 0.412. The summed E-state index contributed by atoms with van der Waals surface area (Å²) in [5.41, 5.74) is 0.805. The highest BCUT2D eigenvalue weighted by Crippen LogP contribution is 2.27. The first-order valence-electron chi connectivity index (χ1n) is 7.29. The minimum absolute atomic E-state index is 0.0663. The molecule has 23 heavy (non-hydrogen) atoms. The maximum absolute atomic E-state index is 12.2. The zero-order chi connectivity index (χ0) is 17.0. The molecule has 2 aromatic rings. The van der Waals surface area contributed by atoms with Crippen LogP contribution in [0.2, 0.25) is 0 Å². The third-order valence-electron chi connectivity index (χ3n) is 3.02. The number of nitrogens with one attached hydrogen (secondary N) is 1. The lowest BCUT2D eigenvalue weighted by atomic mass is 10.1. The van der Waals surface area contributed by atoms with Gasteiger partial charge in [0.25, 0.3) is 5.91 Å². The third kappa shape index (κ3) is 4.32. The van der Waals surface area contributed by atoms with Gasteiger partial charge in [0.05, 0.1) is 6.61 Å². The number of furan rings is 1. The van der Waals surface area contributed by atoms with Crippen molar-refractivity contribution in [2.75, 3.05) is 13.7 Å². The van der Waals surface area contributed by atoms with Crippen molar-refractivity contribution in [1.82, 2.24) is 5.32 Å². The number of ether oxygens (including phenoxy) is 2. The summed E-state index contributed by atoms with van der Waals surface area (Å²) < 4.78 is 15.7. The molecule has 1 N–H and O–H groups in total. The summed E-state index contributed by atoms with van der Waals surface area (Å²) in [6.45, 7) is 5.41. The first-order chi connectivity index (χ1) is 10.8. The average molecular weight is 319 g/mol. The highest BCUT2D eigenvalue weighted by atomic mass is 16.5. The Labute approximate surface area is 134 Å². The molecule has 6 heteroatoms. The SMILES string of the molecule is COCc1c(C(=O)OCC(=O)NC(C)(C)C)oc2ccccc12. The fourth-order valence-corrected chi connectivity index (χ4v) is 2.20. The minimum atomic E-state index is -0.683. The van der Waals surface area contributed by atoms with E-state index in [9.17, 15) is 9.59 Å². The van der Waals surface area contributed by atoms with E-state index in [2.05, 4.69) is 5.32 Å². The number of esters is 1. The number of rotatable bonds is 5. The molecule has 0 radical (unpaired) electrons. The highest BCUT2D eigenvalue weighted by Gasteiger charge is 2.23. The Morgan fingerprint density at radius 1 is 1.22 bits per heavy atom. The first-order valence-corrected chi connectivity index (χ1v) is 7.29. The largest absolute Gasteiger partial charge is 0.450 e. The van der Waals surface area contributed by atoms with Crippen LogP contribution < -0.4 is 5.32 Å². The molecule has 0 bridgehead atoms. The first kappa shape index (κ1) is 17.0. The van der Waals surface area contributed by atoms with Gasteiger partial charge < -0.3 is 19.2 Å². The lowest BCUT2D eigenvalue weighted by Crippen LogP contribution is -2.42. The van der Waals surface area contributed by atoms with E-state index in [0.717, 1.165) is 5.39 Å². The molecule has 0 aliphatic heterocycles. The van der Waals surface area contributed by atoms with E-state index in [0.29, 0.717) is 11.1 Å². The molecule has 1 heterocycles. The van der Waals surface area contributed by atoms with Crippen LogP contribution >= 0.6 is 0 Å². The van der Waals surface area contributed by atoms with Crippen LogP contribution in [-0.2, 0) is 20.9 Å². The van der Waals surface area contributed by atoms with Gasteiger partial charge in [-0.25, -0.2) is 4.79 Å². The number of benzene rings is 1. The van der Waals surface area contributed by atoms with E-state index < -0.39 is 5.97 Å². The Kier molecular flexibility index (Phi) is 5.05. The van der Waals surface area contributed by atoms with Crippen molar-refractivity contribution in [2.45, 2.75) is 32.9 Å². The molecule has 124 valence electrons. The Morgan fingerprint density at radius 2 is 1.91 bits per heavy atom. The number of methoxy groups -OCH3 is 1. The molecule has 0 spiro atoms. The van der Waals surface area contributed by atoms with Crippen LogP contribution in [0.4, 0.5) is 0 Å². The van der Waals surface area contributed by atoms with Crippen LogP contribution in [0.3, 0.4) is 0 Å². The van der Waals surface area contributed by atoms with Crippen LogP contribution in [0.5, 0.6) is 0 Å². The predicted octanol–water partition coefficient (Wildman–Crippen LogP) is 2.65. The fourth-order valence-electron chi connectivity index (χ4n) is 2.20. The van der Waals surface area contributed by atoms with Crippen molar-refractivity contribution in [3.63, 3.8) is 0 Å². The van der Waals surface area contributed by atoms with Gasteiger partial charge in [0.1, 0.15) is 5.58 Å². The predicted molar refractivity (Wildman–Crippen MR) is 85.1 cm³/mol. The second-order valence-electron chi connectivity index (χ2n) is 6.21. The van der Waals surface area contributed by atoms with Crippen molar-refractivity contribution in [3.05, 3.63) is 35.6 Å². The monoisotopic (exact) mass is 319 g/mol. The van der Waals surface area contributed by atoms with Gasteiger partial charge in [-0.1, -0.05) is 18.2 Å². The van der Waals surface area contributed by atoms with Crippen LogP contribution in [0.1, 0.15) is 36.9 Å². The molecule has 0 aliphatic rings. The van der Waals surface area contributed by atoms with Crippen molar-refractivity contribution in [3.8, 4) is 0 Å². The molecule has 0 saturated heterocycles. The molecule has 1 aromatic carbocycles. The van der Waals surface area contributed by atoms with Crippen LogP contribution in [0, 0.1) is 0 Å². The van der Waals surface area contributed by atoms with Crippen LogP contribution in [0.15, 0.2) is 28.7 Å². The summed E-state index contributed by atoms with van der Waals surface area (Å²) in [4.78, 5) is 24.0. The second kappa shape index (κ2) is 6.83. The zero-order valence-corrected chi connectivity index (χ0v) is 13.8. The van der Waals surface area contributed by atoms with Crippen molar-refractivity contribution >= 4 is 22.8 Å². The number of carbonyl (C=O) groups excluding carboxylic acids is 2. The van der Waals surface area contributed by atoms with E-state index >= 15 is 0 Å². The van der Waals surface area contributed by atoms with E-state index in [1.807, 2.05) is 39.0 Å². The van der Waals surface area contributed by atoms with E-state index in [4.69, 9.17) is 13.9 Å². The average Bonchev–Trinajstić information content (AvgIpc) is 2.83. The van der Waals surface area contributed by atoms with E-state index in [1.165, 1.54) is 7.11 Å². The smallest absolute Gasteiger partial charge is 0.375 e. The van der Waals surface area contributed by atoms with Crippen LogP contribution in [-0.4, -0.2) is 31.1 Å². The molecule has 2 rings (SSSR count). The Balaban J connectivity index is 2.14. The van der Waals surface area contributed by atoms with Gasteiger partial charge in [0, 0.05) is 23.6 Å². The van der Waals surface area contributed by atoms with Crippen molar-refractivity contribution in [1.29, 1.82) is 0 Å². The molecule has 0 atom stereocenters. The van der Waals surface area contributed by atoms with Gasteiger partial charge in [0.15, 0.2) is 6.61 Å². The molecule has 0 aliphatic carbocycles. The number of para-hydroxylation sites is 1. The second-order valence-corrected chi connectivity index (χ2v) is 6.21. The summed E-state index contributed by atoms with van der Waals surface area (Å²) in [6.07, 6.45) is 0. The Bertz CT molecular complexity index is 711. The summed E-state index contributed by atoms with van der Waals surface area (Å²) in [5.74, 6) is -0.982. The maximum atomic E-state index is 12.2. The van der Waals surface area contributed by atoms with Crippen LogP contribution in [0.25, 0.3) is 11.0 Å². The summed E-state index contributed by atoms with van der Waals surface area (Å²) in [7, 11) is 1.54. The van der Waals surface area contributed by atoms with Gasteiger partial charge in [-0.05, 0) is 26.8 Å². The highest BCUT2D eigenvalue weighted by molar-refractivity contribution is 5.96. The number of amides is 1. The zero-order valence-electron chi connectivity index (χ0n) is 13.8. The molecule has 0 unspecified atom stereocenters. The standard InChI is InChI=1S/C17H21NO5/c1-17(2,3)18-14(19)10-22-16(20)15-12(9-21-4)11-7-5-6-8-13(11)23-15/h5-8H,9-10H2,1-4H3,(H,18,19). The van der Waals surface area contributed by atoms with Gasteiger partial charge in [-0.3, -0.25) is 4.79 Å². The molecular weight excluding hydrogens is 298 g/mol. The number of fused-ring (bicyclic) bond motifs is 1. The molecular formula is C17H21NO5. The van der Waals surface area contributed by atoms with Gasteiger partial charge in [-0.15, -0.1) is 0 Å². The lowest BCUT2D eigenvalue weighted by molar-refractivity contribution is -0.125. The topological polar surface area (TPSA) is 77.8 Å². The normalized spacial score (nSPS) is 11.5. The summed E-state index contributed by atoms with van der Waals surface area (Å²) in [6, 6.07) is 7.27.